The Bertz CT molecular complexity index is 313. The van der Waals surface area contributed by atoms with E-state index in [1.165, 1.54) is 30.6 Å². The molecular weight excluding hydrogens is 262 g/mol. The molecule has 0 heterocycles. The fourth-order valence-corrected chi connectivity index (χ4v) is 2.56. The van der Waals surface area contributed by atoms with E-state index in [4.69, 9.17) is 11.6 Å². The highest BCUT2D eigenvalue weighted by molar-refractivity contribution is 7.98. The molecule has 0 aromatic heterocycles. The lowest BCUT2D eigenvalue weighted by atomic mass is 10.1. The average Bonchev–Trinajstić information content (AvgIpc) is 2.36. The van der Waals surface area contributed by atoms with Gasteiger partial charge in [0.25, 0.3) is 0 Å². The molecule has 1 N–H and O–H groups in total. The normalized spacial score (nSPS) is 12.6. The summed E-state index contributed by atoms with van der Waals surface area (Å²) in [4.78, 5) is 0. The molecule has 0 bridgehead atoms. The van der Waals surface area contributed by atoms with Crippen LogP contribution in [-0.4, -0.2) is 24.6 Å². The molecule has 0 amide bonds. The van der Waals surface area contributed by atoms with Crippen molar-refractivity contribution >= 4 is 23.4 Å². The molecule has 0 fully saturated rings. The molecule has 0 saturated heterocycles. The Balaban J connectivity index is 2.10. The molecule has 0 aliphatic carbocycles. The van der Waals surface area contributed by atoms with Crippen molar-refractivity contribution in [1.29, 1.82) is 0 Å². The minimum absolute atomic E-state index is 0.534. The Kier molecular flexibility index (Phi) is 8.57. The lowest BCUT2D eigenvalue weighted by Crippen LogP contribution is -2.28. The zero-order valence-electron chi connectivity index (χ0n) is 11.4. The second-order valence-electron chi connectivity index (χ2n) is 4.74. The summed E-state index contributed by atoms with van der Waals surface area (Å²) in [7, 11) is 0. The predicted octanol–water partition coefficient (Wildman–Crippen LogP) is 4.39. The van der Waals surface area contributed by atoms with Gasteiger partial charge in [0.1, 0.15) is 0 Å². The van der Waals surface area contributed by atoms with Crippen LogP contribution in [0.3, 0.4) is 0 Å². The Morgan fingerprint density at radius 2 is 1.89 bits per heavy atom. The summed E-state index contributed by atoms with van der Waals surface area (Å²) in [6, 6.07) is 8.68. The van der Waals surface area contributed by atoms with E-state index in [9.17, 15) is 0 Å². The number of rotatable bonds is 9. The van der Waals surface area contributed by atoms with Crippen molar-refractivity contribution in [1.82, 2.24) is 5.32 Å². The highest BCUT2D eigenvalue weighted by Crippen LogP contribution is 2.11. The van der Waals surface area contributed by atoms with Crippen molar-refractivity contribution in [3.8, 4) is 0 Å². The van der Waals surface area contributed by atoms with E-state index in [-0.39, 0.29) is 0 Å². The van der Waals surface area contributed by atoms with Crippen molar-refractivity contribution in [3.05, 3.63) is 34.9 Å². The van der Waals surface area contributed by atoms with E-state index in [0.29, 0.717) is 6.04 Å². The lowest BCUT2D eigenvalue weighted by molar-refractivity contribution is 0.524. The third-order valence-electron chi connectivity index (χ3n) is 2.97. The van der Waals surface area contributed by atoms with E-state index in [0.717, 1.165) is 18.0 Å². The van der Waals surface area contributed by atoms with Gasteiger partial charge in [-0.2, -0.15) is 11.8 Å². The van der Waals surface area contributed by atoms with Crippen LogP contribution in [0.4, 0.5) is 0 Å². The number of halogens is 1. The summed E-state index contributed by atoms with van der Waals surface area (Å²) in [5.74, 6) is 1.29. The maximum atomic E-state index is 5.87. The predicted molar refractivity (Wildman–Crippen MR) is 84.9 cm³/mol. The summed E-state index contributed by atoms with van der Waals surface area (Å²) < 4.78 is 0. The van der Waals surface area contributed by atoms with Gasteiger partial charge in [0.2, 0.25) is 0 Å². The van der Waals surface area contributed by atoms with Crippen molar-refractivity contribution in [2.45, 2.75) is 38.6 Å². The molecule has 102 valence electrons. The van der Waals surface area contributed by atoms with Gasteiger partial charge in [0, 0.05) is 11.1 Å². The minimum atomic E-state index is 0.534. The van der Waals surface area contributed by atoms with Gasteiger partial charge in [0.15, 0.2) is 0 Å². The van der Waals surface area contributed by atoms with E-state index in [1.807, 2.05) is 23.9 Å². The van der Waals surface area contributed by atoms with Gasteiger partial charge < -0.3 is 5.32 Å². The molecule has 0 saturated carbocycles. The number of hydrogen-bond donors (Lipinski definition) is 1. The first-order valence-electron chi connectivity index (χ1n) is 6.69. The highest BCUT2D eigenvalue weighted by atomic mass is 35.5. The molecule has 0 aliphatic rings. The Morgan fingerprint density at radius 3 is 2.56 bits per heavy atom. The molecular formula is C15H24ClNS. The lowest BCUT2D eigenvalue weighted by Gasteiger charge is -2.13. The molecule has 1 atom stereocenters. The molecule has 18 heavy (non-hydrogen) atoms. The maximum absolute atomic E-state index is 5.87. The standard InChI is InChI=1S/C15H24ClNS/c1-13(17-10-4-3-5-11-18-2)12-14-6-8-15(16)9-7-14/h6-9,13,17H,3-5,10-12H2,1-2H3. The summed E-state index contributed by atoms with van der Waals surface area (Å²) in [5.41, 5.74) is 1.35. The first kappa shape index (κ1) is 15.9. The topological polar surface area (TPSA) is 12.0 Å². The van der Waals surface area contributed by atoms with Gasteiger partial charge in [0.05, 0.1) is 0 Å². The van der Waals surface area contributed by atoms with Crippen LogP contribution >= 0.6 is 23.4 Å². The van der Waals surface area contributed by atoms with Crippen molar-refractivity contribution in [2.24, 2.45) is 0 Å². The summed E-state index contributed by atoms with van der Waals surface area (Å²) >= 11 is 7.81. The molecule has 0 spiro atoms. The van der Waals surface area contributed by atoms with E-state index in [2.05, 4.69) is 30.6 Å². The van der Waals surface area contributed by atoms with Crippen molar-refractivity contribution in [3.63, 3.8) is 0 Å². The highest BCUT2D eigenvalue weighted by Gasteiger charge is 2.02. The third kappa shape index (κ3) is 7.30. The van der Waals surface area contributed by atoms with Gasteiger partial charge >= 0.3 is 0 Å². The van der Waals surface area contributed by atoms with Crippen LogP contribution < -0.4 is 5.32 Å². The molecule has 1 rings (SSSR count). The maximum Gasteiger partial charge on any atom is 0.0406 e. The van der Waals surface area contributed by atoms with Crippen LogP contribution in [0.15, 0.2) is 24.3 Å². The zero-order valence-corrected chi connectivity index (χ0v) is 13.0. The zero-order chi connectivity index (χ0) is 13.2. The Hall–Kier alpha value is -0.180. The first-order chi connectivity index (χ1) is 8.72. The summed E-state index contributed by atoms with van der Waals surface area (Å²) in [6.45, 7) is 3.37. The molecule has 0 aliphatic heterocycles. The molecule has 3 heteroatoms. The fraction of sp³-hybridized carbons (Fsp3) is 0.600. The Labute approximate surface area is 121 Å². The first-order valence-corrected chi connectivity index (χ1v) is 8.46. The molecule has 0 radical (unpaired) electrons. The molecule has 1 nitrogen and oxygen atoms in total. The monoisotopic (exact) mass is 285 g/mol. The van der Waals surface area contributed by atoms with E-state index >= 15 is 0 Å². The van der Waals surface area contributed by atoms with Crippen molar-refractivity contribution < 1.29 is 0 Å². The number of benzene rings is 1. The SMILES string of the molecule is CSCCCCCNC(C)Cc1ccc(Cl)cc1. The Morgan fingerprint density at radius 1 is 1.17 bits per heavy atom. The second-order valence-corrected chi connectivity index (χ2v) is 6.16. The fourth-order valence-electron chi connectivity index (χ4n) is 1.94. The van der Waals surface area contributed by atoms with Crippen LogP contribution in [0.1, 0.15) is 31.7 Å². The van der Waals surface area contributed by atoms with Gasteiger partial charge in [-0.3, -0.25) is 0 Å². The molecule has 1 unspecified atom stereocenters. The quantitative estimate of drug-likeness (QED) is 0.675. The molecule has 1 aromatic carbocycles. The minimum Gasteiger partial charge on any atom is -0.314 e. The number of hydrogen-bond acceptors (Lipinski definition) is 2. The van der Waals surface area contributed by atoms with Gasteiger partial charge in [-0.1, -0.05) is 30.2 Å². The van der Waals surface area contributed by atoms with Crippen molar-refractivity contribution in [2.75, 3.05) is 18.6 Å². The summed E-state index contributed by atoms with van der Waals surface area (Å²) in [5, 5.41) is 4.40. The van der Waals surface area contributed by atoms with Crippen LogP contribution in [0.5, 0.6) is 0 Å². The number of nitrogens with one attached hydrogen (secondary N) is 1. The third-order valence-corrected chi connectivity index (χ3v) is 3.92. The van der Waals surface area contributed by atoms with Crippen LogP contribution in [0, 0.1) is 0 Å². The number of unbranched alkanes of at least 4 members (excludes halogenated alkanes) is 2. The smallest absolute Gasteiger partial charge is 0.0406 e. The second kappa shape index (κ2) is 9.71. The van der Waals surface area contributed by atoms with Crippen LogP contribution in [0.2, 0.25) is 5.02 Å². The largest absolute Gasteiger partial charge is 0.314 e. The summed E-state index contributed by atoms with van der Waals surface area (Å²) in [6.07, 6.45) is 7.20. The van der Waals surface area contributed by atoms with Crippen LogP contribution in [0.25, 0.3) is 0 Å². The van der Waals surface area contributed by atoms with E-state index < -0.39 is 0 Å². The van der Waals surface area contributed by atoms with Crippen LogP contribution in [-0.2, 0) is 6.42 Å². The van der Waals surface area contributed by atoms with E-state index in [1.54, 1.807) is 0 Å². The van der Waals surface area contributed by atoms with Gasteiger partial charge in [-0.05, 0) is 62.4 Å². The van der Waals surface area contributed by atoms with Gasteiger partial charge in [-0.15, -0.1) is 0 Å². The number of thioether (sulfide) groups is 1. The van der Waals surface area contributed by atoms with Gasteiger partial charge in [-0.25, -0.2) is 0 Å². The molecule has 1 aromatic rings. The average molecular weight is 286 g/mol.